The van der Waals surface area contributed by atoms with Crippen molar-refractivity contribution in [1.29, 1.82) is 0 Å². The van der Waals surface area contributed by atoms with Gasteiger partial charge in [-0.1, -0.05) is 30.3 Å². The van der Waals surface area contributed by atoms with Crippen LogP contribution in [0.3, 0.4) is 0 Å². The standard InChI is InChI=1S/C16H22F3NO3/c1-15(2,23)13(9-6-10-16(17,18)19)20(14(21)22)11-12-7-4-3-5-8-12/h3-5,7-8,13,23H,6,9-11H2,1-2H3,(H,21,22). The second-order valence-electron chi connectivity index (χ2n) is 6.07. The summed E-state index contributed by atoms with van der Waals surface area (Å²) in [4.78, 5) is 12.6. The zero-order valence-corrected chi connectivity index (χ0v) is 13.2. The average molecular weight is 333 g/mol. The highest BCUT2D eigenvalue weighted by molar-refractivity contribution is 5.65. The van der Waals surface area contributed by atoms with Gasteiger partial charge in [0.2, 0.25) is 0 Å². The van der Waals surface area contributed by atoms with E-state index in [0.29, 0.717) is 5.56 Å². The van der Waals surface area contributed by atoms with Crippen LogP contribution in [-0.2, 0) is 6.54 Å². The van der Waals surface area contributed by atoms with Gasteiger partial charge in [-0.15, -0.1) is 0 Å². The molecule has 2 N–H and O–H groups in total. The maximum atomic E-state index is 12.3. The van der Waals surface area contributed by atoms with Crippen LogP contribution in [0.15, 0.2) is 30.3 Å². The van der Waals surface area contributed by atoms with Crippen molar-refractivity contribution in [2.45, 2.75) is 57.5 Å². The molecule has 0 aromatic heterocycles. The smallest absolute Gasteiger partial charge is 0.407 e. The van der Waals surface area contributed by atoms with E-state index in [2.05, 4.69) is 0 Å². The number of aliphatic hydroxyl groups is 1. The molecule has 1 aromatic rings. The normalized spacial score (nSPS) is 13.7. The first-order chi connectivity index (χ1) is 10.5. The molecule has 0 bridgehead atoms. The van der Waals surface area contributed by atoms with Crippen LogP contribution >= 0.6 is 0 Å². The van der Waals surface area contributed by atoms with Crippen molar-refractivity contribution in [3.63, 3.8) is 0 Å². The topological polar surface area (TPSA) is 60.8 Å². The number of carboxylic acid groups (broad SMARTS) is 1. The average Bonchev–Trinajstić information content (AvgIpc) is 2.40. The van der Waals surface area contributed by atoms with Gasteiger partial charge in [0.25, 0.3) is 0 Å². The molecule has 130 valence electrons. The number of alkyl halides is 3. The Morgan fingerprint density at radius 1 is 1.22 bits per heavy atom. The molecule has 0 radical (unpaired) electrons. The number of hydrogen-bond donors (Lipinski definition) is 2. The number of rotatable bonds is 7. The van der Waals surface area contributed by atoms with Gasteiger partial charge in [0.05, 0.1) is 11.6 Å². The van der Waals surface area contributed by atoms with Gasteiger partial charge in [-0.3, -0.25) is 4.90 Å². The maximum Gasteiger partial charge on any atom is 0.407 e. The molecule has 0 fully saturated rings. The summed E-state index contributed by atoms with van der Waals surface area (Å²) in [7, 11) is 0. The minimum absolute atomic E-state index is 0.0108. The van der Waals surface area contributed by atoms with Crippen LogP contribution in [0.4, 0.5) is 18.0 Å². The third-order valence-corrected chi connectivity index (χ3v) is 3.57. The fourth-order valence-electron chi connectivity index (χ4n) is 2.48. The Labute approximate surface area is 133 Å². The maximum absolute atomic E-state index is 12.3. The lowest BCUT2D eigenvalue weighted by Crippen LogP contribution is -2.51. The zero-order chi connectivity index (χ0) is 17.7. The van der Waals surface area contributed by atoms with E-state index in [1.165, 1.54) is 13.8 Å². The first-order valence-electron chi connectivity index (χ1n) is 7.33. The molecule has 0 spiro atoms. The van der Waals surface area contributed by atoms with Gasteiger partial charge in [0, 0.05) is 13.0 Å². The highest BCUT2D eigenvalue weighted by atomic mass is 19.4. The van der Waals surface area contributed by atoms with E-state index in [0.717, 1.165) is 4.90 Å². The Hall–Kier alpha value is -1.76. The number of nitrogens with zero attached hydrogens (tertiary/aromatic N) is 1. The summed E-state index contributed by atoms with van der Waals surface area (Å²) in [5.74, 6) is 0. The second kappa shape index (κ2) is 7.68. The van der Waals surface area contributed by atoms with Gasteiger partial charge >= 0.3 is 12.3 Å². The van der Waals surface area contributed by atoms with Crippen molar-refractivity contribution in [3.8, 4) is 0 Å². The van der Waals surface area contributed by atoms with Crippen molar-refractivity contribution >= 4 is 6.09 Å². The summed E-state index contributed by atoms with van der Waals surface area (Å²) in [6.07, 6.45) is -6.87. The van der Waals surface area contributed by atoms with Crippen molar-refractivity contribution in [1.82, 2.24) is 4.90 Å². The Balaban J connectivity index is 2.89. The predicted molar refractivity (Wildman–Crippen MR) is 80.0 cm³/mol. The van der Waals surface area contributed by atoms with Gasteiger partial charge in [0.15, 0.2) is 0 Å². The molecule has 1 aromatic carbocycles. The van der Waals surface area contributed by atoms with Gasteiger partial charge in [-0.25, -0.2) is 4.79 Å². The first kappa shape index (κ1) is 19.3. The molecular weight excluding hydrogens is 311 g/mol. The summed E-state index contributed by atoms with van der Waals surface area (Å²) in [5.41, 5.74) is -0.737. The molecule has 23 heavy (non-hydrogen) atoms. The highest BCUT2D eigenvalue weighted by Crippen LogP contribution is 2.28. The molecule has 1 amide bonds. The molecule has 4 nitrogen and oxygen atoms in total. The highest BCUT2D eigenvalue weighted by Gasteiger charge is 2.36. The van der Waals surface area contributed by atoms with E-state index in [1.807, 2.05) is 0 Å². The number of benzene rings is 1. The second-order valence-corrected chi connectivity index (χ2v) is 6.07. The van der Waals surface area contributed by atoms with E-state index in [9.17, 15) is 28.2 Å². The van der Waals surface area contributed by atoms with E-state index >= 15 is 0 Å². The van der Waals surface area contributed by atoms with Crippen molar-refractivity contribution in [2.75, 3.05) is 0 Å². The molecule has 1 unspecified atom stereocenters. The largest absolute Gasteiger partial charge is 0.465 e. The summed E-state index contributed by atoms with van der Waals surface area (Å²) >= 11 is 0. The lowest BCUT2D eigenvalue weighted by molar-refractivity contribution is -0.137. The molecule has 0 aliphatic carbocycles. The fraction of sp³-hybridized carbons (Fsp3) is 0.562. The Morgan fingerprint density at radius 3 is 2.22 bits per heavy atom. The molecular formula is C16H22F3NO3. The van der Waals surface area contributed by atoms with Crippen LogP contribution in [-0.4, -0.2) is 39.0 Å². The lowest BCUT2D eigenvalue weighted by atomic mass is 9.92. The SMILES string of the molecule is CC(C)(O)C(CCCC(F)(F)F)N(Cc1ccccc1)C(=O)O. The molecule has 0 aliphatic rings. The summed E-state index contributed by atoms with van der Waals surface area (Å²) < 4.78 is 37.0. The number of halogens is 3. The van der Waals surface area contributed by atoms with E-state index in [4.69, 9.17) is 0 Å². The van der Waals surface area contributed by atoms with Crippen LogP contribution in [0.2, 0.25) is 0 Å². The zero-order valence-electron chi connectivity index (χ0n) is 13.2. The van der Waals surface area contributed by atoms with E-state index < -0.39 is 30.3 Å². The van der Waals surface area contributed by atoms with Gasteiger partial charge in [-0.05, 0) is 32.3 Å². The van der Waals surface area contributed by atoms with Crippen LogP contribution < -0.4 is 0 Å². The van der Waals surface area contributed by atoms with Gasteiger partial charge in [-0.2, -0.15) is 13.2 Å². The predicted octanol–water partition coefficient (Wildman–Crippen LogP) is 4.04. The van der Waals surface area contributed by atoms with E-state index in [1.54, 1.807) is 30.3 Å². The molecule has 7 heteroatoms. The van der Waals surface area contributed by atoms with Crippen molar-refractivity contribution < 1.29 is 28.2 Å². The summed E-state index contributed by atoms with van der Waals surface area (Å²) in [6, 6.07) is 7.81. The third-order valence-electron chi connectivity index (χ3n) is 3.57. The minimum atomic E-state index is -4.29. The monoisotopic (exact) mass is 333 g/mol. The molecule has 1 rings (SSSR count). The van der Waals surface area contributed by atoms with E-state index in [-0.39, 0.29) is 19.4 Å². The molecule has 1 atom stereocenters. The Bertz CT molecular complexity index is 498. The Morgan fingerprint density at radius 2 is 1.78 bits per heavy atom. The number of carbonyl (C=O) groups is 1. The Kier molecular flexibility index (Phi) is 6.44. The number of amides is 1. The van der Waals surface area contributed by atoms with Crippen LogP contribution in [0, 0.1) is 0 Å². The number of hydrogen-bond acceptors (Lipinski definition) is 2. The quantitative estimate of drug-likeness (QED) is 0.792. The van der Waals surface area contributed by atoms with Gasteiger partial charge in [0.1, 0.15) is 0 Å². The van der Waals surface area contributed by atoms with Crippen molar-refractivity contribution in [2.24, 2.45) is 0 Å². The summed E-state index contributed by atoms with van der Waals surface area (Å²) in [6.45, 7) is 2.83. The molecule has 0 heterocycles. The molecule has 0 saturated carbocycles. The van der Waals surface area contributed by atoms with Gasteiger partial charge < -0.3 is 10.2 Å². The minimum Gasteiger partial charge on any atom is -0.465 e. The first-order valence-corrected chi connectivity index (χ1v) is 7.33. The van der Waals surface area contributed by atoms with Crippen molar-refractivity contribution in [3.05, 3.63) is 35.9 Å². The molecule has 0 aliphatic heterocycles. The van der Waals surface area contributed by atoms with Crippen LogP contribution in [0.25, 0.3) is 0 Å². The third kappa shape index (κ3) is 6.90. The van der Waals surface area contributed by atoms with Crippen LogP contribution in [0.5, 0.6) is 0 Å². The molecule has 0 saturated heterocycles. The fourth-order valence-corrected chi connectivity index (χ4v) is 2.48. The summed E-state index contributed by atoms with van der Waals surface area (Å²) in [5, 5.41) is 19.6. The lowest BCUT2D eigenvalue weighted by Gasteiger charge is -2.37. The van der Waals surface area contributed by atoms with Crippen LogP contribution in [0.1, 0.15) is 38.7 Å².